The maximum Gasteiger partial charge on any atom is 0.263 e. The van der Waals surface area contributed by atoms with Gasteiger partial charge in [0, 0.05) is 43.4 Å². The van der Waals surface area contributed by atoms with E-state index in [4.69, 9.17) is 5.73 Å². The molecule has 0 bridgehead atoms. The first kappa shape index (κ1) is 22.4. The molecular weight excluding hydrogens is 406 g/mol. The van der Waals surface area contributed by atoms with E-state index in [0.29, 0.717) is 18.1 Å². The fourth-order valence-electron chi connectivity index (χ4n) is 3.52. The Bertz CT molecular complexity index is 961. The van der Waals surface area contributed by atoms with Crippen LogP contribution in [-0.2, 0) is 4.79 Å². The van der Waals surface area contributed by atoms with Gasteiger partial charge in [-0.15, -0.1) is 0 Å². The number of nitrogens with one attached hydrogen (secondary N) is 1. The first-order chi connectivity index (χ1) is 14.8. The number of carbonyl (C=O) groups excluding carboxylic acids is 3. The highest BCUT2D eigenvalue weighted by Crippen LogP contribution is 2.22. The maximum absolute atomic E-state index is 13.7. The summed E-state index contributed by atoms with van der Waals surface area (Å²) in [5, 5.41) is 2.61. The monoisotopic (exact) mass is 430 g/mol. The molecule has 0 aliphatic carbocycles. The van der Waals surface area contributed by atoms with E-state index in [2.05, 4.69) is 5.32 Å². The summed E-state index contributed by atoms with van der Waals surface area (Å²) in [6, 6.07) is 9.32. The molecule has 31 heavy (non-hydrogen) atoms. The average Bonchev–Trinajstić information content (AvgIpc) is 2.75. The highest BCUT2D eigenvalue weighted by atomic mass is 19.1. The van der Waals surface area contributed by atoms with Gasteiger partial charge in [0.25, 0.3) is 17.7 Å². The van der Waals surface area contributed by atoms with E-state index in [1.54, 1.807) is 24.3 Å². The van der Waals surface area contributed by atoms with E-state index < -0.39 is 35.5 Å². The van der Waals surface area contributed by atoms with Crippen LogP contribution in [0.25, 0.3) is 0 Å². The largest absolute Gasteiger partial charge is 0.351 e. The summed E-state index contributed by atoms with van der Waals surface area (Å²) in [5.74, 6) is -3.56. The zero-order valence-electron chi connectivity index (χ0n) is 17.1. The van der Waals surface area contributed by atoms with Gasteiger partial charge in [-0.05, 0) is 37.6 Å². The third kappa shape index (κ3) is 5.05. The molecule has 1 unspecified atom stereocenters. The van der Waals surface area contributed by atoms with Gasteiger partial charge in [-0.1, -0.05) is 17.7 Å². The van der Waals surface area contributed by atoms with Crippen LogP contribution in [0.2, 0.25) is 0 Å². The Labute approximate surface area is 178 Å². The van der Waals surface area contributed by atoms with Crippen molar-refractivity contribution in [2.75, 3.05) is 26.2 Å². The Kier molecular flexibility index (Phi) is 6.96. The van der Waals surface area contributed by atoms with E-state index in [1.165, 1.54) is 4.90 Å². The number of carbonyl (C=O) groups is 3. The molecule has 164 valence electrons. The molecule has 3 N–H and O–H groups in total. The third-order valence-electron chi connectivity index (χ3n) is 5.00. The molecule has 1 aliphatic rings. The van der Waals surface area contributed by atoms with Crippen molar-refractivity contribution in [3.05, 3.63) is 70.8 Å². The minimum atomic E-state index is -1.27. The van der Waals surface area contributed by atoms with Crippen LogP contribution in [0.3, 0.4) is 0 Å². The van der Waals surface area contributed by atoms with Gasteiger partial charge in [-0.2, -0.15) is 0 Å². The number of benzene rings is 2. The minimum Gasteiger partial charge on any atom is -0.351 e. The van der Waals surface area contributed by atoms with Crippen molar-refractivity contribution in [2.45, 2.75) is 19.5 Å². The minimum absolute atomic E-state index is 0.148. The van der Waals surface area contributed by atoms with Crippen molar-refractivity contribution >= 4 is 17.7 Å². The van der Waals surface area contributed by atoms with Crippen LogP contribution in [0.4, 0.5) is 8.78 Å². The second-order valence-corrected chi connectivity index (χ2v) is 7.33. The van der Waals surface area contributed by atoms with Crippen LogP contribution in [0.15, 0.2) is 42.5 Å². The predicted octanol–water partition coefficient (Wildman–Crippen LogP) is 1.66. The second kappa shape index (κ2) is 9.65. The number of hydrogen-bond acceptors (Lipinski definition) is 4. The van der Waals surface area contributed by atoms with Crippen LogP contribution in [0.5, 0.6) is 0 Å². The molecule has 0 radical (unpaired) electrons. The van der Waals surface area contributed by atoms with Gasteiger partial charge in [0.2, 0.25) is 0 Å². The number of halogens is 2. The Hall–Kier alpha value is -3.33. The SMILES string of the molecule is Cc1ccc(C(=O)N2CCCN(C(=O)c3cc(F)cc(F)c3)C2C(=O)NCCN)cc1. The van der Waals surface area contributed by atoms with E-state index in [9.17, 15) is 23.2 Å². The normalized spacial score (nSPS) is 16.2. The predicted molar refractivity (Wildman–Crippen MR) is 110 cm³/mol. The van der Waals surface area contributed by atoms with Crippen LogP contribution in [-0.4, -0.2) is 59.9 Å². The Balaban J connectivity index is 1.96. The lowest BCUT2D eigenvalue weighted by Crippen LogP contribution is -2.63. The standard InChI is InChI=1S/C22H24F2N4O3/c1-14-3-5-15(6-4-14)21(30)27-9-2-10-28(20(27)19(29)26-8-7-25)22(31)16-11-17(23)13-18(24)12-16/h3-6,11-13,20H,2,7-10,25H2,1H3,(H,26,29). The molecule has 1 atom stereocenters. The van der Waals surface area contributed by atoms with E-state index in [0.717, 1.165) is 22.6 Å². The van der Waals surface area contributed by atoms with Crippen LogP contribution >= 0.6 is 0 Å². The summed E-state index contributed by atoms with van der Waals surface area (Å²) < 4.78 is 27.3. The van der Waals surface area contributed by atoms with Crippen molar-refractivity contribution in [2.24, 2.45) is 5.73 Å². The lowest BCUT2D eigenvalue weighted by atomic mass is 10.1. The highest BCUT2D eigenvalue weighted by Gasteiger charge is 2.40. The fourth-order valence-corrected chi connectivity index (χ4v) is 3.52. The van der Waals surface area contributed by atoms with Gasteiger partial charge in [-0.3, -0.25) is 14.4 Å². The van der Waals surface area contributed by atoms with Gasteiger partial charge in [-0.25, -0.2) is 8.78 Å². The highest BCUT2D eigenvalue weighted by molar-refractivity contribution is 6.01. The zero-order chi connectivity index (χ0) is 22.5. The molecule has 0 saturated carbocycles. The maximum atomic E-state index is 13.7. The molecule has 1 heterocycles. The second-order valence-electron chi connectivity index (χ2n) is 7.33. The average molecular weight is 430 g/mol. The summed E-state index contributed by atoms with van der Waals surface area (Å²) in [4.78, 5) is 41.7. The lowest BCUT2D eigenvalue weighted by Gasteiger charge is -2.42. The number of amides is 3. The number of nitrogens with zero attached hydrogens (tertiary/aromatic N) is 2. The summed E-state index contributed by atoms with van der Waals surface area (Å²) >= 11 is 0. The summed E-state index contributed by atoms with van der Waals surface area (Å²) in [6.07, 6.45) is -0.866. The van der Waals surface area contributed by atoms with Gasteiger partial charge in [0.1, 0.15) is 11.6 Å². The van der Waals surface area contributed by atoms with Crippen molar-refractivity contribution in [1.82, 2.24) is 15.1 Å². The molecule has 2 aromatic rings. The number of hydrogen-bond donors (Lipinski definition) is 2. The van der Waals surface area contributed by atoms with Crippen molar-refractivity contribution in [3.63, 3.8) is 0 Å². The number of aryl methyl sites for hydroxylation is 1. The van der Waals surface area contributed by atoms with Gasteiger partial charge >= 0.3 is 0 Å². The van der Waals surface area contributed by atoms with E-state index in [1.807, 2.05) is 6.92 Å². The molecule has 0 spiro atoms. The van der Waals surface area contributed by atoms with Crippen molar-refractivity contribution < 1.29 is 23.2 Å². The summed E-state index contributed by atoms with van der Waals surface area (Å²) in [7, 11) is 0. The Morgan fingerprint density at radius 3 is 2.06 bits per heavy atom. The first-order valence-electron chi connectivity index (χ1n) is 9.94. The lowest BCUT2D eigenvalue weighted by molar-refractivity contribution is -0.132. The van der Waals surface area contributed by atoms with Gasteiger partial charge in [0.05, 0.1) is 0 Å². The molecule has 1 saturated heterocycles. The van der Waals surface area contributed by atoms with Gasteiger partial charge < -0.3 is 20.9 Å². The topological polar surface area (TPSA) is 95.7 Å². The van der Waals surface area contributed by atoms with Crippen LogP contribution in [0.1, 0.15) is 32.7 Å². The Morgan fingerprint density at radius 1 is 0.968 bits per heavy atom. The Morgan fingerprint density at radius 2 is 1.52 bits per heavy atom. The summed E-state index contributed by atoms with van der Waals surface area (Å²) in [5.41, 5.74) is 6.57. The van der Waals surface area contributed by atoms with E-state index in [-0.39, 0.29) is 31.7 Å². The molecule has 3 rings (SSSR count). The van der Waals surface area contributed by atoms with Crippen LogP contribution in [0, 0.1) is 18.6 Å². The van der Waals surface area contributed by atoms with Crippen LogP contribution < -0.4 is 11.1 Å². The van der Waals surface area contributed by atoms with Crippen molar-refractivity contribution in [3.8, 4) is 0 Å². The molecule has 2 aromatic carbocycles. The first-order valence-corrected chi connectivity index (χ1v) is 9.94. The molecule has 7 nitrogen and oxygen atoms in total. The zero-order valence-corrected chi connectivity index (χ0v) is 17.1. The molecule has 3 amide bonds. The fraction of sp³-hybridized carbons (Fsp3) is 0.318. The summed E-state index contributed by atoms with van der Waals surface area (Å²) in [6.45, 7) is 2.60. The molecule has 1 fully saturated rings. The number of rotatable bonds is 5. The van der Waals surface area contributed by atoms with E-state index >= 15 is 0 Å². The molecule has 0 aromatic heterocycles. The van der Waals surface area contributed by atoms with Crippen molar-refractivity contribution in [1.29, 1.82) is 0 Å². The molecule has 1 aliphatic heterocycles. The van der Waals surface area contributed by atoms with Gasteiger partial charge in [0.15, 0.2) is 6.17 Å². The quantitative estimate of drug-likeness (QED) is 0.754. The number of nitrogens with two attached hydrogens (primary N) is 1. The smallest absolute Gasteiger partial charge is 0.263 e. The molecular formula is C22H24F2N4O3. The third-order valence-corrected chi connectivity index (χ3v) is 5.00. The molecule has 9 heteroatoms.